The maximum absolute atomic E-state index is 12.5. The Balaban J connectivity index is 1.40. The van der Waals surface area contributed by atoms with Crippen LogP contribution in [-0.2, 0) is 26.0 Å². The number of furan rings is 1. The number of sulfonamides is 1. The van der Waals surface area contributed by atoms with Crippen LogP contribution in [0.2, 0.25) is 0 Å². The SMILES string of the molecule is Cc1ccc2c(CC(=O)OCCN3C(=O)c4ccccc4S3(=O)=O)coc2c1C. The third kappa shape index (κ3) is 3.19. The molecule has 29 heavy (non-hydrogen) atoms. The van der Waals surface area contributed by atoms with E-state index in [1.54, 1.807) is 12.1 Å². The molecule has 0 atom stereocenters. The van der Waals surface area contributed by atoms with Gasteiger partial charge >= 0.3 is 5.97 Å². The molecule has 0 saturated heterocycles. The summed E-state index contributed by atoms with van der Waals surface area (Å²) >= 11 is 0. The molecule has 7 nitrogen and oxygen atoms in total. The van der Waals surface area contributed by atoms with E-state index in [0.29, 0.717) is 5.56 Å². The highest BCUT2D eigenvalue weighted by Crippen LogP contribution is 2.30. The number of benzene rings is 2. The fourth-order valence-electron chi connectivity index (χ4n) is 3.43. The second-order valence-electron chi connectivity index (χ2n) is 6.92. The van der Waals surface area contributed by atoms with E-state index in [9.17, 15) is 18.0 Å². The first-order valence-electron chi connectivity index (χ1n) is 9.08. The molecular weight excluding hydrogens is 394 g/mol. The molecule has 0 saturated carbocycles. The molecule has 0 aliphatic carbocycles. The molecule has 0 radical (unpaired) electrons. The Bertz CT molecular complexity index is 1240. The zero-order chi connectivity index (χ0) is 20.8. The third-order valence-corrected chi connectivity index (χ3v) is 6.99. The van der Waals surface area contributed by atoms with Gasteiger partial charge in [-0.2, -0.15) is 0 Å². The summed E-state index contributed by atoms with van der Waals surface area (Å²) in [5.74, 6) is -1.13. The molecule has 0 fully saturated rings. The van der Waals surface area contributed by atoms with E-state index in [0.717, 1.165) is 26.4 Å². The first-order valence-corrected chi connectivity index (χ1v) is 10.5. The lowest BCUT2D eigenvalue weighted by Gasteiger charge is -2.14. The van der Waals surface area contributed by atoms with E-state index in [-0.39, 0.29) is 30.0 Å². The van der Waals surface area contributed by atoms with Crippen LogP contribution < -0.4 is 0 Å². The molecule has 1 aliphatic heterocycles. The van der Waals surface area contributed by atoms with Crippen LogP contribution in [-0.4, -0.2) is 37.8 Å². The molecule has 150 valence electrons. The van der Waals surface area contributed by atoms with Crippen LogP contribution in [0.1, 0.15) is 27.0 Å². The van der Waals surface area contributed by atoms with Gasteiger partial charge in [0, 0.05) is 10.9 Å². The maximum Gasteiger partial charge on any atom is 0.310 e. The number of ether oxygens (including phenoxy) is 1. The monoisotopic (exact) mass is 413 g/mol. The zero-order valence-corrected chi connectivity index (χ0v) is 16.8. The molecule has 3 aromatic rings. The van der Waals surface area contributed by atoms with E-state index in [2.05, 4.69) is 0 Å². The lowest BCUT2D eigenvalue weighted by atomic mass is 10.0. The second-order valence-corrected chi connectivity index (χ2v) is 8.75. The smallest absolute Gasteiger partial charge is 0.310 e. The van der Waals surface area contributed by atoms with Crippen LogP contribution in [0.25, 0.3) is 11.0 Å². The summed E-state index contributed by atoms with van der Waals surface area (Å²) in [6, 6.07) is 9.89. The van der Waals surface area contributed by atoms with Crippen molar-refractivity contribution in [2.75, 3.05) is 13.2 Å². The lowest BCUT2D eigenvalue weighted by molar-refractivity contribution is -0.142. The fraction of sp³-hybridized carbons (Fsp3) is 0.238. The Hall–Kier alpha value is -3.13. The van der Waals surface area contributed by atoms with Crippen molar-refractivity contribution >= 4 is 32.9 Å². The van der Waals surface area contributed by atoms with Gasteiger partial charge in [0.2, 0.25) is 0 Å². The van der Waals surface area contributed by atoms with E-state index >= 15 is 0 Å². The van der Waals surface area contributed by atoms with Crippen LogP contribution in [0.15, 0.2) is 52.0 Å². The minimum Gasteiger partial charge on any atom is -0.464 e. The summed E-state index contributed by atoms with van der Waals surface area (Å²) < 4.78 is 36.5. The number of carbonyl (C=O) groups excluding carboxylic acids is 2. The molecule has 2 heterocycles. The first kappa shape index (κ1) is 19.2. The number of fused-ring (bicyclic) bond motifs is 2. The van der Waals surface area contributed by atoms with Crippen LogP contribution in [0.5, 0.6) is 0 Å². The van der Waals surface area contributed by atoms with Gasteiger partial charge in [-0.1, -0.05) is 24.3 Å². The minimum absolute atomic E-state index is 0.00355. The second kappa shape index (κ2) is 7.04. The van der Waals surface area contributed by atoms with Crippen molar-refractivity contribution in [3.05, 3.63) is 64.9 Å². The average molecular weight is 413 g/mol. The fourth-order valence-corrected chi connectivity index (χ4v) is 4.98. The predicted octanol–water partition coefficient (Wildman–Crippen LogP) is 2.98. The van der Waals surface area contributed by atoms with E-state index in [1.165, 1.54) is 18.4 Å². The molecule has 2 aromatic carbocycles. The lowest BCUT2D eigenvalue weighted by Crippen LogP contribution is -2.33. The number of carbonyl (C=O) groups is 2. The highest BCUT2D eigenvalue weighted by Gasteiger charge is 2.40. The van der Waals surface area contributed by atoms with Crippen molar-refractivity contribution in [2.45, 2.75) is 25.2 Å². The standard InChI is InChI=1S/C21H19NO6S/c1-13-7-8-16-15(12-28-20(16)14(13)2)11-19(23)27-10-9-22-21(24)17-5-3-4-6-18(17)29(22,25)26/h3-8,12H,9-11H2,1-2H3. The first-order chi connectivity index (χ1) is 13.8. The molecule has 4 rings (SSSR count). The molecule has 0 unspecified atom stereocenters. The molecule has 0 spiro atoms. The topological polar surface area (TPSA) is 93.9 Å². The van der Waals surface area contributed by atoms with Gasteiger partial charge in [0.25, 0.3) is 15.9 Å². The maximum atomic E-state index is 12.5. The quantitative estimate of drug-likeness (QED) is 0.597. The Morgan fingerprint density at radius 2 is 1.90 bits per heavy atom. The molecule has 0 N–H and O–H groups in total. The van der Waals surface area contributed by atoms with Crippen LogP contribution in [0.3, 0.4) is 0 Å². The number of amides is 1. The zero-order valence-electron chi connectivity index (χ0n) is 16.0. The van der Waals surface area contributed by atoms with Crippen molar-refractivity contribution in [3.8, 4) is 0 Å². The van der Waals surface area contributed by atoms with Gasteiger partial charge in [-0.15, -0.1) is 0 Å². The average Bonchev–Trinajstić information content (AvgIpc) is 3.18. The third-order valence-electron chi connectivity index (χ3n) is 5.15. The van der Waals surface area contributed by atoms with Gasteiger partial charge in [0.15, 0.2) is 0 Å². The molecule has 1 amide bonds. The number of rotatable bonds is 5. The summed E-state index contributed by atoms with van der Waals surface area (Å²) in [4.78, 5) is 24.5. The van der Waals surface area contributed by atoms with Gasteiger partial charge in [0.05, 0.1) is 24.8 Å². The van der Waals surface area contributed by atoms with Gasteiger partial charge < -0.3 is 9.15 Å². The molecule has 0 bridgehead atoms. The summed E-state index contributed by atoms with van der Waals surface area (Å²) in [7, 11) is -3.90. The van der Waals surface area contributed by atoms with E-state index < -0.39 is 21.9 Å². The molecular formula is C21H19NO6S. The van der Waals surface area contributed by atoms with Crippen molar-refractivity contribution < 1.29 is 27.2 Å². The van der Waals surface area contributed by atoms with Crippen molar-refractivity contribution in [2.24, 2.45) is 0 Å². The molecule has 1 aliphatic rings. The number of aryl methyl sites for hydroxylation is 2. The minimum atomic E-state index is -3.90. The van der Waals surface area contributed by atoms with Crippen molar-refractivity contribution in [1.82, 2.24) is 4.31 Å². The molecule has 1 aromatic heterocycles. The summed E-state index contributed by atoms with van der Waals surface area (Å²) in [5.41, 5.74) is 3.68. The van der Waals surface area contributed by atoms with E-state index in [4.69, 9.17) is 9.15 Å². The van der Waals surface area contributed by atoms with Crippen LogP contribution in [0.4, 0.5) is 0 Å². The molecule has 8 heteroatoms. The highest BCUT2D eigenvalue weighted by atomic mass is 32.2. The Morgan fingerprint density at radius 1 is 1.14 bits per heavy atom. The number of esters is 1. The summed E-state index contributed by atoms with van der Waals surface area (Å²) in [5, 5.41) is 0.845. The number of hydrogen-bond acceptors (Lipinski definition) is 6. The van der Waals surface area contributed by atoms with Gasteiger partial charge in [0.1, 0.15) is 17.1 Å². The van der Waals surface area contributed by atoms with Crippen LogP contribution in [0, 0.1) is 13.8 Å². The summed E-state index contributed by atoms with van der Waals surface area (Å²) in [6.45, 7) is 3.49. The Kier molecular flexibility index (Phi) is 4.66. The van der Waals surface area contributed by atoms with Crippen molar-refractivity contribution in [1.29, 1.82) is 0 Å². The number of hydrogen-bond donors (Lipinski definition) is 0. The normalized spacial score (nSPS) is 15.0. The largest absolute Gasteiger partial charge is 0.464 e. The Labute approximate surface area is 167 Å². The Morgan fingerprint density at radius 3 is 2.66 bits per heavy atom. The highest BCUT2D eigenvalue weighted by molar-refractivity contribution is 7.90. The van der Waals surface area contributed by atoms with Crippen LogP contribution >= 0.6 is 0 Å². The van der Waals surface area contributed by atoms with E-state index in [1.807, 2.05) is 26.0 Å². The number of nitrogens with zero attached hydrogens (tertiary/aromatic N) is 1. The van der Waals surface area contributed by atoms with Gasteiger partial charge in [-0.05, 0) is 37.1 Å². The van der Waals surface area contributed by atoms with Gasteiger partial charge in [-0.3, -0.25) is 9.59 Å². The summed E-state index contributed by atoms with van der Waals surface area (Å²) in [6.07, 6.45) is 1.53. The van der Waals surface area contributed by atoms with Gasteiger partial charge in [-0.25, -0.2) is 12.7 Å². The predicted molar refractivity (Wildman–Crippen MR) is 105 cm³/mol. The van der Waals surface area contributed by atoms with Crippen molar-refractivity contribution in [3.63, 3.8) is 0 Å².